The van der Waals surface area contributed by atoms with Gasteiger partial charge < -0.3 is 19.7 Å². The molecule has 0 bridgehead atoms. The van der Waals surface area contributed by atoms with Gasteiger partial charge in [-0.3, -0.25) is 0 Å². The van der Waals surface area contributed by atoms with Gasteiger partial charge in [0.15, 0.2) is 11.5 Å². The van der Waals surface area contributed by atoms with E-state index in [0.717, 1.165) is 69.3 Å². The highest BCUT2D eigenvalue weighted by Crippen LogP contribution is 2.48. The van der Waals surface area contributed by atoms with Crippen LogP contribution >= 0.6 is 0 Å². The summed E-state index contributed by atoms with van der Waals surface area (Å²) in [6, 6.07) is 0. The van der Waals surface area contributed by atoms with Crippen molar-refractivity contribution in [1.82, 2.24) is 0 Å². The first-order valence-electron chi connectivity index (χ1n) is 24.9. The van der Waals surface area contributed by atoms with Crippen LogP contribution in [0.15, 0.2) is 93.2 Å². The Balaban J connectivity index is 2.25. The summed E-state index contributed by atoms with van der Waals surface area (Å²) in [4.78, 5) is 0. The zero-order chi connectivity index (χ0) is 47.2. The van der Waals surface area contributed by atoms with E-state index in [2.05, 4.69) is 125 Å². The fourth-order valence-corrected chi connectivity index (χ4v) is 8.20. The number of phenols is 2. The van der Waals surface area contributed by atoms with Crippen molar-refractivity contribution in [1.29, 1.82) is 0 Å². The monoisotopic (exact) mass is 869 g/mol. The lowest BCUT2D eigenvalue weighted by atomic mass is 9.93. The predicted octanol–water partition coefficient (Wildman–Crippen LogP) is 18.6. The van der Waals surface area contributed by atoms with Crippen LogP contribution in [-0.4, -0.2) is 24.4 Å². The molecule has 2 atom stereocenters. The van der Waals surface area contributed by atoms with Crippen molar-refractivity contribution in [3.8, 4) is 23.0 Å². The first-order chi connectivity index (χ1) is 30.0. The number of ether oxygens (including phenoxy) is 2. The maximum atomic E-state index is 10.8. The van der Waals surface area contributed by atoms with Crippen LogP contribution in [0.1, 0.15) is 216 Å². The first-order valence-corrected chi connectivity index (χ1v) is 24.9. The largest absolute Gasteiger partial charge is 0.504 e. The van der Waals surface area contributed by atoms with Crippen molar-refractivity contribution in [2.45, 2.75) is 218 Å². The average Bonchev–Trinajstić information content (AvgIpc) is 3.21. The topological polar surface area (TPSA) is 58.9 Å². The minimum absolute atomic E-state index is 0.0384. The highest BCUT2D eigenvalue weighted by Gasteiger charge is 2.23. The standard InChI is InChI=1S/C59H96O4/c1-44(2)24-15-25-45(3)26-16-27-46(4)28-17-29-47(5)30-18-31-48(6)32-19-33-49(7)34-20-35-50(8)36-21-37-51(9)38-22-39-52(10)40-23-41-53(11)42-43-55-54(12)56(60)58(62-13)59(63-14)57(55)61/h24,26,28,30,32,34,38,40,50,53,60-61H,15-23,25,27,29,31,33,35-37,39,41-43H2,1-14H3/b45-26+,46-28+,47-30?,48-32+,49-34-,51-38+,52-40-/t50?,53-/m1/s1. The Bertz CT molecular complexity index is 1720. The molecule has 4 heteroatoms. The van der Waals surface area contributed by atoms with E-state index in [-0.39, 0.29) is 23.0 Å². The fraction of sp³-hybridized carbons (Fsp3) is 0.627. The van der Waals surface area contributed by atoms with Gasteiger partial charge in [0.25, 0.3) is 0 Å². The smallest absolute Gasteiger partial charge is 0.207 e. The number of allylic oxidation sites excluding steroid dienone is 16. The van der Waals surface area contributed by atoms with Crippen LogP contribution in [0.2, 0.25) is 0 Å². The molecule has 356 valence electrons. The highest BCUT2D eigenvalue weighted by atomic mass is 16.5. The minimum Gasteiger partial charge on any atom is -0.504 e. The molecule has 0 aliphatic carbocycles. The Morgan fingerprint density at radius 1 is 0.429 bits per heavy atom. The molecule has 4 nitrogen and oxygen atoms in total. The lowest BCUT2D eigenvalue weighted by Gasteiger charge is -2.19. The van der Waals surface area contributed by atoms with E-state index in [1.807, 2.05) is 6.92 Å². The van der Waals surface area contributed by atoms with Crippen LogP contribution in [0.5, 0.6) is 23.0 Å². The summed E-state index contributed by atoms with van der Waals surface area (Å²) in [7, 11) is 2.94. The van der Waals surface area contributed by atoms with Crippen LogP contribution in [0.3, 0.4) is 0 Å². The molecule has 0 aromatic heterocycles. The third-order valence-electron chi connectivity index (χ3n) is 12.8. The molecule has 0 aliphatic heterocycles. The summed E-state index contributed by atoms with van der Waals surface area (Å²) in [5, 5.41) is 21.3. The molecule has 0 amide bonds. The molecule has 63 heavy (non-hydrogen) atoms. The lowest BCUT2D eigenvalue weighted by molar-refractivity contribution is 0.313. The van der Waals surface area contributed by atoms with Crippen molar-refractivity contribution in [3.05, 3.63) is 104 Å². The summed E-state index contributed by atoms with van der Waals surface area (Å²) >= 11 is 0. The second kappa shape index (κ2) is 33.8. The van der Waals surface area contributed by atoms with E-state index < -0.39 is 0 Å². The Hall–Kier alpha value is -3.66. The number of aromatic hydroxyl groups is 2. The van der Waals surface area contributed by atoms with Gasteiger partial charge in [-0.25, -0.2) is 0 Å². The quantitative estimate of drug-likeness (QED) is 0.0546. The van der Waals surface area contributed by atoms with Gasteiger partial charge in [0.1, 0.15) is 0 Å². The lowest BCUT2D eigenvalue weighted by Crippen LogP contribution is -2.02. The molecule has 0 radical (unpaired) electrons. The van der Waals surface area contributed by atoms with Gasteiger partial charge in [-0.1, -0.05) is 113 Å². The Kier molecular flexibility index (Phi) is 30.8. The average molecular weight is 869 g/mol. The van der Waals surface area contributed by atoms with Gasteiger partial charge in [-0.2, -0.15) is 0 Å². The molecule has 1 unspecified atom stereocenters. The van der Waals surface area contributed by atoms with Crippen LogP contribution in [0.25, 0.3) is 0 Å². The summed E-state index contributed by atoms with van der Waals surface area (Å²) in [5.74, 6) is 1.76. The molecule has 1 aromatic rings. The van der Waals surface area contributed by atoms with Crippen LogP contribution in [0.4, 0.5) is 0 Å². The van der Waals surface area contributed by atoms with Gasteiger partial charge >= 0.3 is 0 Å². The maximum absolute atomic E-state index is 10.8. The van der Waals surface area contributed by atoms with Crippen molar-refractivity contribution < 1.29 is 19.7 Å². The number of phenolic OH excluding ortho intramolecular Hbond substituents is 2. The number of benzene rings is 1. The van der Waals surface area contributed by atoms with Crippen LogP contribution in [0, 0.1) is 18.8 Å². The van der Waals surface area contributed by atoms with Crippen molar-refractivity contribution in [2.75, 3.05) is 14.2 Å². The Morgan fingerprint density at radius 3 is 1.11 bits per heavy atom. The van der Waals surface area contributed by atoms with E-state index in [4.69, 9.17) is 9.47 Å². The Morgan fingerprint density at radius 2 is 0.746 bits per heavy atom. The molecule has 0 heterocycles. The number of methoxy groups -OCH3 is 2. The molecular formula is C59H96O4. The van der Waals surface area contributed by atoms with Crippen molar-refractivity contribution >= 4 is 0 Å². The molecule has 0 aliphatic rings. The van der Waals surface area contributed by atoms with Gasteiger partial charge in [0.2, 0.25) is 11.5 Å². The summed E-state index contributed by atoms with van der Waals surface area (Å²) < 4.78 is 10.6. The molecule has 0 saturated carbocycles. The molecule has 0 fully saturated rings. The number of hydrogen-bond donors (Lipinski definition) is 2. The molecule has 0 saturated heterocycles. The summed E-state index contributed by atoms with van der Waals surface area (Å²) in [6.07, 6.45) is 43.5. The van der Waals surface area contributed by atoms with Gasteiger partial charge in [-0.05, 0) is 209 Å². The SMILES string of the molecule is COc1c(O)c(C)c(CC[C@H](C)CC/C=C(/C)CC/C=C(\C)CCCC(C)CC/C=C(/C)CC/C=C(\C)CCC=C(C)CC/C=C(\C)CC/C=C(\C)CCC=C(C)C)c(O)c1OC. The molecule has 1 aromatic carbocycles. The Labute approximate surface area is 389 Å². The second-order valence-corrected chi connectivity index (χ2v) is 19.5. The molecule has 2 N–H and O–H groups in total. The predicted molar refractivity (Wildman–Crippen MR) is 278 cm³/mol. The zero-order valence-corrected chi connectivity index (χ0v) is 43.3. The van der Waals surface area contributed by atoms with E-state index in [0.29, 0.717) is 17.9 Å². The highest BCUT2D eigenvalue weighted by molar-refractivity contribution is 5.65. The molecular weight excluding hydrogens is 773 g/mol. The third kappa shape index (κ3) is 26.7. The van der Waals surface area contributed by atoms with E-state index >= 15 is 0 Å². The first kappa shape index (κ1) is 57.4. The van der Waals surface area contributed by atoms with Crippen molar-refractivity contribution in [3.63, 3.8) is 0 Å². The second-order valence-electron chi connectivity index (χ2n) is 19.5. The molecule has 0 spiro atoms. The van der Waals surface area contributed by atoms with Crippen LogP contribution in [-0.2, 0) is 6.42 Å². The fourth-order valence-electron chi connectivity index (χ4n) is 8.20. The van der Waals surface area contributed by atoms with Crippen LogP contribution < -0.4 is 9.47 Å². The minimum atomic E-state index is 0.0384. The molecule has 1 rings (SSSR count). The van der Waals surface area contributed by atoms with Gasteiger partial charge in [0.05, 0.1) is 14.2 Å². The number of hydrogen-bond acceptors (Lipinski definition) is 4. The number of rotatable bonds is 33. The van der Waals surface area contributed by atoms with E-state index in [9.17, 15) is 10.2 Å². The van der Waals surface area contributed by atoms with Gasteiger partial charge in [-0.15, -0.1) is 0 Å². The zero-order valence-electron chi connectivity index (χ0n) is 43.3. The summed E-state index contributed by atoms with van der Waals surface area (Å²) in [5.41, 5.74) is 13.4. The maximum Gasteiger partial charge on any atom is 0.207 e. The third-order valence-corrected chi connectivity index (χ3v) is 12.8. The van der Waals surface area contributed by atoms with Gasteiger partial charge in [0, 0.05) is 11.1 Å². The normalized spacial score (nSPS) is 14.6. The van der Waals surface area contributed by atoms with E-state index in [1.54, 1.807) is 0 Å². The summed E-state index contributed by atoms with van der Waals surface area (Å²) in [6.45, 7) is 26.9. The van der Waals surface area contributed by atoms with E-state index in [1.165, 1.54) is 129 Å². The van der Waals surface area contributed by atoms with Crippen molar-refractivity contribution in [2.24, 2.45) is 11.8 Å².